The average molecular weight is 360 g/mol. The van der Waals surface area contributed by atoms with E-state index in [-0.39, 0.29) is 12.0 Å². The normalized spacial score (nSPS) is 17.0. The van der Waals surface area contributed by atoms with Crippen LogP contribution in [0.5, 0.6) is 0 Å². The SMILES string of the molecule is COC(=O)c1c(NC(=O)CCCCl)sc2c1CC(C(C)C)OC2. The van der Waals surface area contributed by atoms with Gasteiger partial charge in [-0.05, 0) is 17.9 Å². The average Bonchev–Trinajstić information content (AvgIpc) is 2.88. The minimum Gasteiger partial charge on any atom is -0.465 e. The number of ether oxygens (including phenoxy) is 2. The Kier molecular flexibility index (Phi) is 6.44. The van der Waals surface area contributed by atoms with E-state index in [9.17, 15) is 9.59 Å². The molecule has 23 heavy (non-hydrogen) atoms. The van der Waals surface area contributed by atoms with E-state index in [1.807, 2.05) is 0 Å². The summed E-state index contributed by atoms with van der Waals surface area (Å²) in [6, 6.07) is 0. The molecule has 1 amide bonds. The Morgan fingerprint density at radius 2 is 2.22 bits per heavy atom. The molecule has 1 unspecified atom stereocenters. The molecule has 1 aliphatic rings. The first-order valence-corrected chi connectivity index (χ1v) is 9.03. The highest BCUT2D eigenvalue weighted by Gasteiger charge is 2.31. The fraction of sp³-hybridized carbons (Fsp3) is 0.625. The van der Waals surface area contributed by atoms with Crippen LogP contribution < -0.4 is 5.32 Å². The summed E-state index contributed by atoms with van der Waals surface area (Å²) in [7, 11) is 1.35. The maximum Gasteiger partial charge on any atom is 0.341 e. The van der Waals surface area contributed by atoms with Gasteiger partial charge >= 0.3 is 5.97 Å². The molecule has 7 heteroatoms. The first-order valence-electron chi connectivity index (χ1n) is 7.68. The van der Waals surface area contributed by atoms with Crippen LogP contribution in [0.2, 0.25) is 0 Å². The molecule has 128 valence electrons. The van der Waals surface area contributed by atoms with Gasteiger partial charge in [0.05, 0.1) is 25.4 Å². The summed E-state index contributed by atoms with van der Waals surface area (Å²) in [6.07, 6.45) is 1.66. The van der Waals surface area contributed by atoms with E-state index in [0.29, 0.717) is 48.2 Å². The standard InChI is InChI=1S/C16H22ClNO4S/c1-9(2)11-7-10-12(8-22-11)23-15(14(10)16(20)21-3)18-13(19)5-4-6-17/h9,11H,4-8H2,1-3H3,(H,18,19). The van der Waals surface area contributed by atoms with Crippen molar-refractivity contribution >= 4 is 39.8 Å². The van der Waals surface area contributed by atoms with Crippen molar-refractivity contribution in [2.24, 2.45) is 5.92 Å². The lowest BCUT2D eigenvalue weighted by Crippen LogP contribution is -2.27. The predicted octanol–water partition coefficient (Wildman–Crippen LogP) is 3.59. The maximum absolute atomic E-state index is 12.2. The molecule has 1 aromatic rings. The van der Waals surface area contributed by atoms with Crippen molar-refractivity contribution in [1.82, 2.24) is 0 Å². The number of hydrogen-bond donors (Lipinski definition) is 1. The monoisotopic (exact) mass is 359 g/mol. The molecule has 2 heterocycles. The topological polar surface area (TPSA) is 64.6 Å². The number of anilines is 1. The van der Waals surface area contributed by atoms with Crippen molar-refractivity contribution in [3.63, 3.8) is 0 Å². The Hall–Kier alpha value is -1.11. The molecule has 0 fully saturated rings. The Morgan fingerprint density at radius 3 is 2.83 bits per heavy atom. The summed E-state index contributed by atoms with van der Waals surface area (Å²) in [5, 5.41) is 3.38. The number of hydrogen-bond acceptors (Lipinski definition) is 5. The quantitative estimate of drug-likeness (QED) is 0.622. The lowest BCUT2D eigenvalue weighted by atomic mass is 9.94. The fourth-order valence-corrected chi connectivity index (χ4v) is 3.83. The number of carbonyl (C=O) groups is 2. The second kappa shape index (κ2) is 8.13. The molecule has 1 N–H and O–H groups in total. The van der Waals surface area contributed by atoms with Crippen LogP contribution in [0.15, 0.2) is 0 Å². The Morgan fingerprint density at radius 1 is 1.48 bits per heavy atom. The third-order valence-corrected chi connectivity index (χ3v) is 5.24. The summed E-state index contributed by atoms with van der Waals surface area (Å²) in [6.45, 7) is 4.65. The molecule has 1 aromatic heterocycles. The van der Waals surface area contributed by atoms with Gasteiger partial charge in [-0.25, -0.2) is 4.79 Å². The van der Waals surface area contributed by atoms with E-state index in [0.717, 1.165) is 10.4 Å². The minimum atomic E-state index is -0.417. The number of alkyl halides is 1. The molecule has 0 radical (unpaired) electrons. The zero-order chi connectivity index (χ0) is 17.0. The van der Waals surface area contributed by atoms with E-state index in [1.165, 1.54) is 18.4 Å². The van der Waals surface area contributed by atoms with E-state index in [2.05, 4.69) is 19.2 Å². The molecule has 0 saturated carbocycles. The van der Waals surface area contributed by atoms with Crippen LogP contribution in [0.4, 0.5) is 5.00 Å². The zero-order valence-corrected chi connectivity index (χ0v) is 15.2. The van der Waals surface area contributed by atoms with E-state index in [1.54, 1.807) is 0 Å². The highest BCUT2D eigenvalue weighted by atomic mass is 35.5. The molecular weight excluding hydrogens is 338 g/mol. The fourth-order valence-electron chi connectivity index (χ4n) is 2.54. The van der Waals surface area contributed by atoms with E-state index in [4.69, 9.17) is 21.1 Å². The zero-order valence-electron chi connectivity index (χ0n) is 13.6. The van der Waals surface area contributed by atoms with Crippen molar-refractivity contribution in [3.8, 4) is 0 Å². The lowest BCUT2D eigenvalue weighted by Gasteiger charge is -2.26. The molecule has 1 aliphatic heterocycles. The van der Waals surface area contributed by atoms with Gasteiger partial charge in [0.15, 0.2) is 0 Å². The van der Waals surface area contributed by atoms with Gasteiger partial charge in [-0.2, -0.15) is 0 Å². The first kappa shape index (κ1) is 18.2. The van der Waals surface area contributed by atoms with Crippen LogP contribution in [0, 0.1) is 5.92 Å². The molecule has 2 rings (SSSR count). The van der Waals surface area contributed by atoms with Crippen molar-refractivity contribution in [1.29, 1.82) is 0 Å². The summed E-state index contributed by atoms with van der Waals surface area (Å²) < 4.78 is 10.8. The summed E-state index contributed by atoms with van der Waals surface area (Å²) in [4.78, 5) is 25.2. The van der Waals surface area contributed by atoms with Crippen molar-refractivity contribution < 1.29 is 19.1 Å². The molecule has 0 spiro atoms. The number of esters is 1. The number of amides is 1. The van der Waals surface area contributed by atoms with Crippen molar-refractivity contribution in [2.45, 2.75) is 45.8 Å². The summed E-state index contributed by atoms with van der Waals surface area (Å²) in [5.74, 6) is 0.230. The van der Waals surface area contributed by atoms with Crippen LogP contribution >= 0.6 is 22.9 Å². The number of methoxy groups -OCH3 is 1. The molecular formula is C16H22ClNO4S. The van der Waals surface area contributed by atoms with Crippen LogP contribution in [-0.2, 0) is 27.3 Å². The molecule has 0 aromatic carbocycles. The van der Waals surface area contributed by atoms with Gasteiger partial charge in [-0.15, -0.1) is 22.9 Å². The van der Waals surface area contributed by atoms with Gasteiger partial charge < -0.3 is 14.8 Å². The third kappa shape index (κ3) is 4.25. The molecule has 0 bridgehead atoms. The van der Waals surface area contributed by atoms with Crippen LogP contribution in [0.25, 0.3) is 0 Å². The van der Waals surface area contributed by atoms with Gasteiger partial charge in [-0.3, -0.25) is 4.79 Å². The number of rotatable bonds is 6. The Balaban J connectivity index is 2.29. The van der Waals surface area contributed by atoms with Crippen LogP contribution in [-0.4, -0.2) is 31.0 Å². The van der Waals surface area contributed by atoms with Gasteiger partial charge in [0.25, 0.3) is 0 Å². The third-order valence-electron chi connectivity index (χ3n) is 3.85. The van der Waals surface area contributed by atoms with Crippen molar-refractivity contribution in [3.05, 3.63) is 16.0 Å². The first-order chi connectivity index (χ1) is 11.0. The second-order valence-corrected chi connectivity index (χ2v) is 7.32. The largest absolute Gasteiger partial charge is 0.465 e. The Bertz CT molecular complexity index is 585. The smallest absolute Gasteiger partial charge is 0.341 e. The molecule has 5 nitrogen and oxygen atoms in total. The number of nitrogens with one attached hydrogen (secondary N) is 1. The number of thiophene rings is 1. The van der Waals surface area contributed by atoms with Gasteiger partial charge in [0.1, 0.15) is 5.00 Å². The van der Waals surface area contributed by atoms with Crippen molar-refractivity contribution in [2.75, 3.05) is 18.3 Å². The minimum absolute atomic E-state index is 0.0697. The summed E-state index contributed by atoms with van der Waals surface area (Å²) in [5.41, 5.74) is 1.42. The van der Waals surface area contributed by atoms with Crippen LogP contribution in [0.3, 0.4) is 0 Å². The Labute approximate surface area is 145 Å². The van der Waals surface area contributed by atoms with Crippen LogP contribution in [0.1, 0.15) is 47.5 Å². The highest BCUT2D eigenvalue weighted by Crippen LogP contribution is 2.39. The van der Waals surface area contributed by atoms with E-state index < -0.39 is 5.97 Å². The summed E-state index contributed by atoms with van der Waals surface area (Å²) >= 11 is 7.00. The maximum atomic E-state index is 12.2. The lowest BCUT2D eigenvalue weighted by molar-refractivity contribution is -0.116. The molecule has 0 aliphatic carbocycles. The van der Waals surface area contributed by atoms with E-state index >= 15 is 0 Å². The highest BCUT2D eigenvalue weighted by molar-refractivity contribution is 7.17. The number of halogens is 1. The second-order valence-electron chi connectivity index (χ2n) is 5.84. The molecule has 1 atom stereocenters. The molecule has 0 saturated heterocycles. The van der Waals surface area contributed by atoms with Gasteiger partial charge in [-0.1, -0.05) is 13.8 Å². The van der Waals surface area contributed by atoms with Gasteiger partial charge in [0.2, 0.25) is 5.91 Å². The predicted molar refractivity (Wildman–Crippen MR) is 91.4 cm³/mol. The number of fused-ring (bicyclic) bond motifs is 1. The number of carbonyl (C=O) groups excluding carboxylic acids is 2. The van der Waals surface area contributed by atoms with Gasteiger partial charge in [0, 0.05) is 23.6 Å².